The summed E-state index contributed by atoms with van der Waals surface area (Å²) in [4.78, 5) is 31.3. The summed E-state index contributed by atoms with van der Waals surface area (Å²) in [6.45, 7) is 5.38. The van der Waals surface area contributed by atoms with E-state index in [2.05, 4.69) is 10.3 Å². The van der Waals surface area contributed by atoms with Crippen molar-refractivity contribution in [1.29, 1.82) is 0 Å². The summed E-state index contributed by atoms with van der Waals surface area (Å²) >= 11 is 1.45. The third kappa shape index (κ3) is 2.50. The molecular formula is C16H16FN3O2S. The second-order valence-electron chi connectivity index (χ2n) is 5.67. The molecule has 120 valence electrons. The molecular weight excluding hydrogens is 317 g/mol. The highest BCUT2D eigenvalue weighted by molar-refractivity contribution is 7.11. The van der Waals surface area contributed by atoms with Crippen LogP contribution in [-0.4, -0.2) is 21.8 Å². The van der Waals surface area contributed by atoms with Gasteiger partial charge < -0.3 is 5.32 Å². The number of hydrogen-bond acceptors (Lipinski definition) is 4. The SMILES string of the molecule is Cc1nc(C)c(CN2C(=O)NC(C)(c3ccccc3F)C2=O)s1. The topological polar surface area (TPSA) is 62.3 Å². The lowest BCUT2D eigenvalue weighted by atomic mass is 9.91. The molecule has 5 nitrogen and oxygen atoms in total. The first kappa shape index (κ1) is 15.6. The molecule has 7 heteroatoms. The maximum absolute atomic E-state index is 14.1. The predicted molar refractivity (Wildman–Crippen MR) is 84.4 cm³/mol. The van der Waals surface area contributed by atoms with Crippen molar-refractivity contribution in [3.05, 3.63) is 51.2 Å². The zero-order valence-electron chi connectivity index (χ0n) is 13.0. The number of imide groups is 1. The number of aryl methyl sites for hydroxylation is 2. The normalized spacial score (nSPS) is 21.0. The van der Waals surface area contributed by atoms with Gasteiger partial charge in [0.1, 0.15) is 11.4 Å². The van der Waals surface area contributed by atoms with E-state index in [-0.39, 0.29) is 12.1 Å². The van der Waals surface area contributed by atoms with Crippen LogP contribution < -0.4 is 5.32 Å². The van der Waals surface area contributed by atoms with Crippen LogP contribution in [0.2, 0.25) is 0 Å². The van der Waals surface area contributed by atoms with Gasteiger partial charge in [-0.1, -0.05) is 18.2 Å². The van der Waals surface area contributed by atoms with E-state index in [0.29, 0.717) is 0 Å². The minimum absolute atomic E-state index is 0.145. The summed E-state index contributed by atoms with van der Waals surface area (Å²) in [6, 6.07) is 5.46. The van der Waals surface area contributed by atoms with Crippen molar-refractivity contribution >= 4 is 23.3 Å². The van der Waals surface area contributed by atoms with E-state index < -0.39 is 23.3 Å². The molecule has 1 saturated heterocycles. The molecule has 1 aromatic carbocycles. The molecule has 23 heavy (non-hydrogen) atoms. The Kier molecular flexibility index (Phi) is 3.68. The fourth-order valence-electron chi connectivity index (χ4n) is 2.75. The molecule has 0 saturated carbocycles. The zero-order chi connectivity index (χ0) is 16.8. The fourth-order valence-corrected chi connectivity index (χ4v) is 3.68. The van der Waals surface area contributed by atoms with E-state index in [0.717, 1.165) is 20.5 Å². The second kappa shape index (κ2) is 5.42. The minimum atomic E-state index is -1.39. The van der Waals surface area contributed by atoms with Crippen LogP contribution in [0.25, 0.3) is 0 Å². The molecule has 3 amide bonds. The number of rotatable bonds is 3. The van der Waals surface area contributed by atoms with Gasteiger partial charge >= 0.3 is 6.03 Å². The monoisotopic (exact) mass is 333 g/mol. The standard InChI is InChI=1S/C16H16FN3O2S/c1-9-13(23-10(2)18-9)8-20-14(21)16(3,19-15(20)22)11-6-4-5-7-12(11)17/h4-7H,8H2,1-3H3,(H,19,22). The van der Waals surface area contributed by atoms with Crippen molar-refractivity contribution in [2.75, 3.05) is 0 Å². The first-order valence-corrected chi connectivity index (χ1v) is 7.96. The molecule has 1 unspecified atom stereocenters. The molecule has 1 aliphatic rings. The Balaban J connectivity index is 1.94. The number of benzene rings is 1. The molecule has 0 bridgehead atoms. The summed E-state index contributed by atoms with van der Waals surface area (Å²) in [7, 11) is 0. The Hall–Kier alpha value is -2.28. The molecule has 1 aromatic heterocycles. The van der Waals surface area contributed by atoms with Crippen LogP contribution >= 0.6 is 11.3 Å². The van der Waals surface area contributed by atoms with E-state index in [1.54, 1.807) is 12.1 Å². The van der Waals surface area contributed by atoms with Gasteiger partial charge in [0, 0.05) is 10.4 Å². The third-order valence-electron chi connectivity index (χ3n) is 3.99. The lowest BCUT2D eigenvalue weighted by Gasteiger charge is -2.22. The summed E-state index contributed by atoms with van der Waals surface area (Å²) in [5.41, 5.74) is -0.429. The molecule has 0 aliphatic carbocycles. The highest BCUT2D eigenvalue weighted by Crippen LogP contribution is 2.32. The van der Waals surface area contributed by atoms with E-state index in [1.807, 2.05) is 13.8 Å². The number of nitrogens with one attached hydrogen (secondary N) is 1. The van der Waals surface area contributed by atoms with Gasteiger partial charge in [0.2, 0.25) is 0 Å². The molecule has 0 radical (unpaired) electrons. The van der Waals surface area contributed by atoms with Crippen LogP contribution in [0, 0.1) is 19.7 Å². The second-order valence-corrected chi connectivity index (χ2v) is 6.96. The molecule has 3 rings (SSSR count). The summed E-state index contributed by atoms with van der Waals surface area (Å²) in [6.07, 6.45) is 0. The van der Waals surface area contributed by atoms with Crippen LogP contribution in [0.5, 0.6) is 0 Å². The quantitative estimate of drug-likeness (QED) is 0.879. The van der Waals surface area contributed by atoms with Gasteiger partial charge in [0.05, 0.1) is 17.2 Å². The van der Waals surface area contributed by atoms with E-state index in [4.69, 9.17) is 0 Å². The Bertz CT molecular complexity index is 804. The minimum Gasteiger partial charge on any atom is -0.319 e. The van der Waals surface area contributed by atoms with Crippen molar-refractivity contribution in [1.82, 2.24) is 15.2 Å². The van der Waals surface area contributed by atoms with Gasteiger partial charge in [0.25, 0.3) is 5.91 Å². The molecule has 1 aliphatic heterocycles. The Morgan fingerprint density at radius 2 is 2.00 bits per heavy atom. The van der Waals surface area contributed by atoms with E-state index in [9.17, 15) is 14.0 Å². The zero-order valence-corrected chi connectivity index (χ0v) is 13.8. The number of amides is 3. The first-order valence-electron chi connectivity index (χ1n) is 7.15. The third-order valence-corrected chi connectivity index (χ3v) is 5.05. The molecule has 1 atom stereocenters. The van der Waals surface area contributed by atoms with Crippen molar-refractivity contribution in [2.24, 2.45) is 0 Å². The van der Waals surface area contributed by atoms with Crippen LogP contribution in [0.1, 0.15) is 28.1 Å². The van der Waals surface area contributed by atoms with Crippen LogP contribution in [0.4, 0.5) is 9.18 Å². The van der Waals surface area contributed by atoms with E-state index in [1.165, 1.54) is 30.4 Å². The van der Waals surface area contributed by atoms with Crippen molar-refractivity contribution in [2.45, 2.75) is 32.9 Å². The van der Waals surface area contributed by atoms with Crippen molar-refractivity contribution in [3.8, 4) is 0 Å². The highest BCUT2D eigenvalue weighted by atomic mass is 32.1. The Labute approximate surface area is 137 Å². The van der Waals surface area contributed by atoms with Crippen LogP contribution in [-0.2, 0) is 16.9 Å². The number of hydrogen-bond donors (Lipinski definition) is 1. The molecule has 1 N–H and O–H groups in total. The van der Waals surface area contributed by atoms with Gasteiger partial charge in [-0.2, -0.15) is 0 Å². The number of nitrogens with zero attached hydrogens (tertiary/aromatic N) is 2. The Morgan fingerprint density at radius 3 is 2.61 bits per heavy atom. The largest absolute Gasteiger partial charge is 0.325 e. The number of urea groups is 1. The van der Waals surface area contributed by atoms with Gasteiger partial charge in [-0.05, 0) is 26.8 Å². The summed E-state index contributed by atoms with van der Waals surface area (Å²) < 4.78 is 14.1. The number of carbonyl (C=O) groups excluding carboxylic acids is 2. The van der Waals surface area contributed by atoms with Crippen molar-refractivity contribution in [3.63, 3.8) is 0 Å². The molecule has 0 spiro atoms. The van der Waals surface area contributed by atoms with Crippen molar-refractivity contribution < 1.29 is 14.0 Å². The predicted octanol–water partition coefficient (Wildman–Crippen LogP) is 2.87. The molecule has 2 aromatic rings. The Morgan fingerprint density at radius 1 is 1.30 bits per heavy atom. The highest BCUT2D eigenvalue weighted by Gasteiger charge is 2.50. The maximum atomic E-state index is 14.1. The summed E-state index contributed by atoms with van der Waals surface area (Å²) in [5, 5.41) is 3.49. The summed E-state index contributed by atoms with van der Waals surface area (Å²) in [5.74, 6) is -0.978. The average molecular weight is 333 g/mol. The molecule has 1 fully saturated rings. The average Bonchev–Trinajstić information content (AvgIpc) is 2.91. The smallest absolute Gasteiger partial charge is 0.319 e. The number of carbonyl (C=O) groups is 2. The lowest BCUT2D eigenvalue weighted by Crippen LogP contribution is -2.41. The number of aromatic nitrogens is 1. The van der Waals surface area contributed by atoms with Gasteiger partial charge in [-0.3, -0.25) is 9.69 Å². The van der Waals surface area contributed by atoms with Gasteiger partial charge in [0.15, 0.2) is 0 Å². The fraction of sp³-hybridized carbons (Fsp3) is 0.312. The van der Waals surface area contributed by atoms with Gasteiger partial charge in [-0.25, -0.2) is 14.2 Å². The number of halogens is 1. The van der Waals surface area contributed by atoms with E-state index >= 15 is 0 Å². The first-order chi connectivity index (χ1) is 10.8. The van der Waals surface area contributed by atoms with Crippen LogP contribution in [0.3, 0.4) is 0 Å². The van der Waals surface area contributed by atoms with Gasteiger partial charge in [-0.15, -0.1) is 11.3 Å². The molecule has 2 heterocycles. The number of thiazole rings is 1. The maximum Gasteiger partial charge on any atom is 0.325 e. The lowest BCUT2D eigenvalue weighted by molar-refractivity contribution is -0.131. The van der Waals surface area contributed by atoms with Crippen LogP contribution in [0.15, 0.2) is 24.3 Å².